The Morgan fingerprint density at radius 3 is 2.62 bits per heavy atom. The van der Waals surface area contributed by atoms with E-state index in [1.807, 2.05) is 49.6 Å². The van der Waals surface area contributed by atoms with Crippen LogP contribution in [0.25, 0.3) is 10.9 Å². The largest absolute Gasteiger partial charge is 0.493 e. The van der Waals surface area contributed by atoms with Crippen LogP contribution >= 0.6 is 0 Å². The van der Waals surface area contributed by atoms with Crippen molar-refractivity contribution in [2.75, 3.05) is 13.5 Å². The van der Waals surface area contributed by atoms with Gasteiger partial charge in [0.05, 0.1) is 11.1 Å². The SMILES string of the molecule is CCCCCCn1c(O)c(N=NCOCOC(C)(C)C)c2ccccc21. The molecule has 1 N–H and O–H groups in total. The van der Waals surface area contributed by atoms with Gasteiger partial charge in [-0.15, -0.1) is 5.11 Å². The molecule has 0 saturated heterocycles. The van der Waals surface area contributed by atoms with Gasteiger partial charge in [-0.2, -0.15) is 5.11 Å². The molecule has 0 atom stereocenters. The summed E-state index contributed by atoms with van der Waals surface area (Å²) in [5.74, 6) is 0.164. The van der Waals surface area contributed by atoms with E-state index in [1.54, 1.807) is 0 Å². The summed E-state index contributed by atoms with van der Waals surface area (Å²) in [5.41, 5.74) is 1.23. The number of para-hydroxylation sites is 1. The van der Waals surface area contributed by atoms with Gasteiger partial charge in [0.1, 0.15) is 6.79 Å². The zero-order chi connectivity index (χ0) is 19.0. The normalized spacial score (nSPS) is 12.5. The van der Waals surface area contributed by atoms with Crippen LogP contribution < -0.4 is 0 Å². The highest BCUT2D eigenvalue weighted by atomic mass is 16.7. The lowest BCUT2D eigenvalue weighted by atomic mass is 10.2. The van der Waals surface area contributed by atoms with E-state index < -0.39 is 0 Å². The van der Waals surface area contributed by atoms with E-state index in [1.165, 1.54) is 12.8 Å². The summed E-state index contributed by atoms with van der Waals surface area (Å²) in [6.45, 7) is 9.11. The van der Waals surface area contributed by atoms with Crippen LogP contribution in [0, 0.1) is 0 Å². The van der Waals surface area contributed by atoms with Gasteiger partial charge in [0.2, 0.25) is 5.88 Å². The summed E-state index contributed by atoms with van der Waals surface area (Å²) in [7, 11) is 0. The number of azo groups is 1. The standard InChI is InChI=1S/C20H31N3O3/c1-5-6-7-10-13-23-17-12-9-8-11-16(17)18(19(23)24)22-21-14-25-15-26-20(2,3)4/h8-9,11-12,24H,5-7,10,13-15H2,1-4H3. The third-order valence-electron chi connectivity index (χ3n) is 4.05. The quantitative estimate of drug-likeness (QED) is 0.332. The molecule has 2 aromatic rings. The molecule has 0 amide bonds. The number of unbranched alkanes of at least 4 members (excludes halogenated alkanes) is 3. The molecule has 144 valence electrons. The summed E-state index contributed by atoms with van der Waals surface area (Å²) >= 11 is 0. The van der Waals surface area contributed by atoms with Gasteiger partial charge in [-0.05, 0) is 33.3 Å². The average Bonchev–Trinajstić information content (AvgIpc) is 2.86. The van der Waals surface area contributed by atoms with Gasteiger partial charge in [-0.1, -0.05) is 44.4 Å². The number of aryl methyl sites for hydroxylation is 1. The van der Waals surface area contributed by atoms with E-state index in [2.05, 4.69) is 17.2 Å². The first-order valence-corrected chi connectivity index (χ1v) is 9.33. The molecule has 6 nitrogen and oxygen atoms in total. The van der Waals surface area contributed by atoms with Gasteiger partial charge in [-0.3, -0.25) is 0 Å². The number of hydrogen-bond donors (Lipinski definition) is 1. The Labute approximate surface area is 155 Å². The molecule has 26 heavy (non-hydrogen) atoms. The molecule has 2 rings (SSSR count). The molecule has 6 heteroatoms. The molecule has 0 aliphatic heterocycles. The van der Waals surface area contributed by atoms with E-state index in [0.29, 0.717) is 5.69 Å². The van der Waals surface area contributed by atoms with Crippen molar-refractivity contribution in [3.63, 3.8) is 0 Å². The number of hydrogen-bond acceptors (Lipinski definition) is 5. The number of rotatable bonds is 10. The third-order valence-corrected chi connectivity index (χ3v) is 4.05. The second-order valence-electron chi connectivity index (χ2n) is 7.35. The van der Waals surface area contributed by atoms with Crippen molar-refractivity contribution >= 4 is 16.6 Å². The zero-order valence-electron chi connectivity index (χ0n) is 16.4. The van der Waals surface area contributed by atoms with Crippen LogP contribution in [-0.4, -0.2) is 28.8 Å². The first-order valence-electron chi connectivity index (χ1n) is 9.33. The zero-order valence-corrected chi connectivity index (χ0v) is 16.4. The van der Waals surface area contributed by atoms with Crippen LogP contribution in [-0.2, 0) is 16.0 Å². The maximum Gasteiger partial charge on any atom is 0.220 e. The molecule has 0 unspecified atom stereocenters. The smallest absolute Gasteiger partial charge is 0.220 e. The lowest BCUT2D eigenvalue weighted by Gasteiger charge is -2.18. The second kappa shape index (κ2) is 9.69. The minimum Gasteiger partial charge on any atom is -0.493 e. The summed E-state index contributed by atoms with van der Waals surface area (Å²) in [4.78, 5) is 0. The van der Waals surface area contributed by atoms with Gasteiger partial charge in [0.15, 0.2) is 12.4 Å². The minimum atomic E-state index is -0.249. The van der Waals surface area contributed by atoms with E-state index in [-0.39, 0.29) is 25.0 Å². The molecule has 0 saturated carbocycles. The highest BCUT2D eigenvalue weighted by Crippen LogP contribution is 2.39. The molecule has 0 aliphatic rings. The molecule has 0 bridgehead atoms. The maximum absolute atomic E-state index is 10.6. The summed E-state index contributed by atoms with van der Waals surface area (Å²) in [6, 6.07) is 7.87. The maximum atomic E-state index is 10.6. The highest BCUT2D eigenvalue weighted by molar-refractivity contribution is 5.94. The fraction of sp³-hybridized carbons (Fsp3) is 0.600. The Morgan fingerprint density at radius 2 is 1.88 bits per heavy atom. The molecule has 0 radical (unpaired) electrons. The van der Waals surface area contributed by atoms with Crippen LogP contribution in [0.5, 0.6) is 5.88 Å². The van der Waals surface area contributed by atoms with Crippen molar-refractivity contribution in [2.45, 2.75) is 65.5 Å². The van der Waals surface area contributed by atoms with Crippen molar-refractivity contribution in [3.05, 3.63) is 24.3 Å². The fourth-order valence-corrected chi connectivity index (χ4v) is 2.69. The van der Waals surface area contributed by atoms with E-state index in [9.17, 15) is 5.11 Å². The number of fused-ring (bicyclic) bond motifs is 1. The van der Waals surface area contributed by atoms with Gasteiger partial charge in [0, 0.05) is 11.9 Å². The monoisotopic (exact) mass is 361 g/mol. The first-order chi connectivity index (χ1) is 12.4. The fourth-order valence-electron chi connectivity index (χ4n) is 2.69. The molecular formula is C20H31N3O3. The highest BCUT2D eigenvalue weighted by Gasteiger charge is 2.16. The van der Waals surface area contributed by atoms with Crippen LogP contribution in [0.4, 0.5) is 5.69 Å². The van der Waals surface area contributed by atoms with Crippen LogP contribution in [0.2, 0.25) is 0 Å². The summed E-state index contributed by atoms with van der Waals surface area (Å²) in [6.07, 6.45) is 4.59. The van der Waals surface area contributed by atoms with Crippen LogP contribution in [0.3, 0.4) is 0 Å². The number of aromatic hydroxyl groups is 1. The number of aromatic nitrogens is 1. The predicted octanol–water partition coefficient (Wildman–Crippen LogP) is 5.76. The molecule has 1 aromatic heterocycles. The Morgan fingerprint density at radius 1 is 1.12 bits per heavy atom. The lowest BCUT2D eigenvalue weighted by Crippen LogP contribution is -2.20. The van der Waals surface area contributed by atoms with Crippen LogP contribution in [0.1, 0.15) is 53.4 Å². The van der Waals surface area contributed by atoms with Crippen molar-refractivity contribution in [1.82, 2.24) is 4.57 Å². The number of ether oxygens (including phenoxy) is 2. The minimum absolute atomic E-state index is 0.0888. The van der Waals surface area contributed by atoms with E-state index in [0.717, 1.165) is 30.3 Å². The average molecular weight is 361 g/mol. The van der Waals surface area contributed by atoms with Crippen molar-refractivity contribution in [3.8, 4) is 5.88 Å². The first kappa shape index (κ1) is 20.4. The second-order valence-corrected chi connectivity index (χ2v) is 7.35. The van der Waals surface area contributed by atoms with Crippen molar-refractivity contribution in [1.29, 1.82) is 0 Å². The van der Waals surface area contributed by atoms with Gasteiger partial charge in [-0.25, -0.2) is 0 Å². The van der Waals surface area contributed by atoms with Crippen molar-refractivity contribution in [2.24, 2.45) is 10.2 Å². The molecular weight excluding hydrogens is 330 g/mol. The van der Waals surface area contributed by atoms with E-state index in [4.69, 9.17) is 9.47 Å². The lowest BCUT2D eigenvalue weighted by molar-refractivity contribution is -0.119. The number of benzene rings is 1. The molecule has 1 aromatic carbocycles. The summed E-state index contributed by atoms with van der Waals surface area (Å²) < 4.78 is 12.7. The van der Waals surface area contributed by atoms with Crippen molar-refractivity contribution < 1.29 is 14.6 Å². The summed E-state index contributed by atoms with van der Waals surface area (Å²) in [5, 5.41) is 19.8. The predicted molar refractivity (Wildman–Crippen MR) is 104 cm³/mol. The Bertz CT molecular complexity index is 717. The Kier molecular flexibility index (Phi) is 7.60. The van der Waals surface area contributed by atoms with Crippen LogP contribution in [0.15, 0.2) is 34.5 Å². The Hall–Kier alpha value is -1.92. The van der Waals surface area contributed by atoms with Gasteiger partial charge in [0.25, 0.3) is 0 Å². The topological polar surface area (TPSA) is 68.3 Å². The van der Waals surface area contributed by atoms with E-state index >= 15 is 0 Å². The number of nitrogens with zero attached hydrogens (tertiary/aromatic N) is 3. The third kappa shape index (κ3) is 5.81. The molecule has 1 heterocycles. The molecule has 0 fully saturated rings. The van der Waals surface area contributed by atoms with Gasteiger partial charge < -0.3 is 19.1 Å². The molecule has 0 aliphatic carbocycles. The van der Waals surface area contributed by atoms with Gasteiger partial charge >= 0.3 is 0 Å². The molecule has 0 spiro atoms. The Balaban J connectivity index is 2.04.